The maximum atomic E-state index is 12.9. The van der Waals surface area contributed by atoms with Crippen molar-refractivity contribution in [1.29, 1.82) is 0 Å². The van der Waals surface area contributed by atoms with Crippen molar-refractivity contribution in [3.05, 3.63) is 18.5 Å². The summed E-state index contributed by atoms with van der Waals surface area (Å²) in [7, 11) is 0. The Morgan fingerprint density at radius 1 is 1.11 bits per heavy atom. The summed E-state index contributed by atoms with van der Waals surface area (Å²) in [5, 5.41) is 14.5. The number of hydrogen-bond donors (Lipinski definition) is 2. The molecule has 3 heterocycles. The van der Waals surface area contributed by atoms with Crippen molar-refractivity contribution in [2.75, 3.05) is 38.0 Å². The molecule has 0 radical (unpaired) electrons. The van der Waals surface area contributed by atoms with Gasteiger partial charge in [0.05, 0.1) is 0 Å². The number of amides is 1. The Kier molecular flexibility index (Phi) is 5.59. The summed E-state index contributed by atoms with van der Waals surface area (Å²) in [5.74, 6) is 1.28. The van der Waals surface area contributed by atoms with E-state index in [2.05, 4.69) is 20.2 Å². The average Bonchev–Trinajstić information content (AvgIpc) is 2.64. The molecule has 2 aliphatic heterocycles. The lowest BCUT2D eigenvalue weighted by atomic mass is 9.83. The standard InChI is InChI=1S/C20H31N5O2/c26-18-20(27,8-2-11-25(18)14-16-4-1-5-16)15-24-12-6-17(7-13-24)23-19-21-9-3-10-22-19/h3,9-10,16-17,27H,1-2,4-8,11-15H2,(H,21,22,23). The van der Waals surface area contributed by atoms with E-state index in [0.29, 0.717) is 30.9 Å². The highest BCUT2D eigenvalue weighted by Crippen LogP contribution is 2.31. The number of piperidine rings is 2. The number of likely N-dealkylation sites (tertiary alicyclic amines) is 2. The second-order valence-corrected chi connectivity index (χ2v) is 8.45. The monoisotopic (exact) mass is 373 g/mol. The molecule has 27 heavy (non-hydrogen) atoms. The van der Waals surface area contributed by atoms with Crippen LogP contribution in [0.2, 0.25) is 0 Å². The fourth-order valence-corrected chi connectivity index (χ4v) is 4.53. The largest absolute Gasteiger partial charge is 0.379 e. The number of rotatable bonds is 6. The Bertz CT molecular complexity index is 631. The van der Waals surface area contributed by atoms with Gasteiger partial charge in [0.25, 0.3) is 5.91 Å². The van der Waals surface area contributed by atoms with Crippen LogP contribution < -0.4 is 5.32 Å². The molecule has 7 heteroatoms. The Labute approximate surface area is 161 Å². The minimum absolute atomic E-state index is 0.0430. The third kappa shape index (κ3) is 4.41. The summed E-state index contributed by atoms with van der Waals surface area (Å²) in [6, 6.07) is 2.15. The molecule has 0 bridgehead atoms. The molecule has 3 fully saturated rings. The fourth-order valence-electron chi connectivity index (χ4n) is 4.53. The number of aromatic nitrogens is 2. The maximum absolute atomic E-state index is 12.9. The number of hydrogen-bond acceptors (Lipinski definition) is 6. The Balaban J connectivity index is 1.27. The van der Waals surface area contributed by atoms with Crippen molar-refractivity contribution in [3.63, 3.8) is 0 Å². The summed E-state index contributed by atoms with van der Waals surface area (Å²) in [6.45, 7) is 3.86. The average molecular weight is 374 g/mol. The van der Waals surface area contributed by atoms with E-state index in [0.717, 1.165) is 45.4 Å². The van der Waals surface area contributed by atoms with Crippen LogP contribution in [0.1, 0.15) is 44.9 Å². The SMILES string of the molecule is O=C1N(CC2CCC2)CCCC1(O)CN1CCC(Nc2ncccn2)CC1. The molecule has 1 aromatic heterocycles. The van der Waals surface area contributed by atoms with E-state index in [9.17, 15) is 9.90 Å². The normalized spacial score (nSPS) is 28.2. The third-order valence-corrected chi connectivity index (χ3v) is 6.38. The Morgan fingerprint density at radius 3 is 2.52 bits per heavy atom. The molecule has 7 nitrogen and oxygen atoms in total. The smallest absolute Gasteiger partial charge is 0.255 e. The molecule has 1 atom stereocenters. The van der Waals surface area contributed by atoms with Crippen LogP contribution in [0, 0.1) is 5.92 Å². The molecule has 0 spiro atoms. The lowest BCUT2D eigenvalue weighted by Crippen LogP contribution is -2.60. The van der Waals surface area contributed by atoms with Crippen molar-refractivity contribution in [2.24, 2.45) is 5.92 Å². The van der Waals surface area contributed by atoms with E-state index in [1.54, 1.807) is 12.4 Å². The first-order valence-corrected chi connectivity index (χ1v) is 10.4. The van der Waals surface area contributed by atoms with Crippen LogP contribution in [0.25, 0.3) is 0 Å². The van der Waals surface area contributed by atoms with Gasteiger partial charge in [0.15, 0.2) is 5.60 Å². The first-order valence-electron chi connectivity index (χ1n) is 10.4. The molecular weight excluding hydrogens is 342 g/mol. The zero-order valence-electron chi connectivity index (χ0n) is 16.0. The van der Waals surface area contributed by atoms with E-state index < -0.39 is 5.60 Å². The third-order valence-electron chi connectivity index (χ3n) is 6.38. The Hall–Kier alpha value is -1.73. The predicted molar refractivity (Wildman–Crippen MR) is 103 cm³/mol. The molecule has 1 amide bonds. The van der Waals surface area contributed by atoms with Gasteiger partial charge in [-0.25, -0.2) is 9.97 Å². The first kappa shape index (κ1) is 18.6. The van der Waals surface area contributed by atoms with Gasteiger partial charge in [-0.05, 0) is 50.5 Å². The molecule has 1 unspecified atom stereocenters. The van der Waals surface area contributed by atoms with E-state index in [1.165, 1.54) is 19.3 Å². The topological polar surface area (TPSA) is 81.6 Å². The molecule has 0 aromatic carbocycles. The first-order chi connectivity index (χ1) is 13.1. The highest BCUT2D eigenvalue weighted by atomic mass is 16.3. The zero-order valence-corrected chi connectivity index (χ0v) is 16.0. The number of carbonyl (C=O) groups is 1. The number of β-amino-alcohol motifs (C(OH)–C–C–N with tert-alkyl or cyclic N) is 1. The van der Waals surface area contributed by atoms with Gasteiger partial charge in [-0.2, -0.15) is 0 Å². The van der Waals surface area contributed by atoms with Crippen molar-refractivity contribution in [3.8, 4) is 0 Å². The van der Waals surface area contributed by atoms with Crippen molar-refractivity contribution >= 4 is 11.9 Å². The van der Waals surface area contributed by atoms with Crippen LogP contribution in [0.5, 0.6) is 0 Å². The maximum Gasteiger partial charge on any atom is 0.255 e. The molecule has 4 rings (SSSR count). The van der Waals surface area contributed by atoms with E-state index in [1.807, 2.05) is 11.0 Å². The second kappa shape index (κ2) is 8.10. The zero-order chi connectivity index (χ0) is 18.7. The fraction of sp³-hybridized carbons (Fsp3) is 0.750. The van der Waals surface area contributed by atoms with Gasteiger partial charge < -0.3 is 15.3 Å². The molecule has 2 N–H and O–H groups in total. The van der Waals surface area contributed by atoms with Gasteiger partial charge >= 0.3 is 0 Å². The summed E-state index contributed by atoms with van der Waals surface area (Å²) in [6.07, 6.45) is 10.6. The number of carbonyl (C=O) groups excluding carboxylic acids is 1. The lowest BCUT2D eigenvalue weighted by molar-refractivity contribution is -0.161. The van der Waals surface area contributed by atoms with Gasteiger partial charge in [0.1, 0.15) is 0 Å². The number of nitrogens with zero attached hydrogens (tertiary/aromatic N) is 4. The molecule has 1 saturated carbocycles. The summed E-state index contributed by atoms with van der Waals surface area (Å²) < 4.78 is 0. The Morgan fingerprint density at radius 2 is 1.85 bits per heavy atom. The number of aliphatic hydroxyl groups is 1. The van der Waals surface area contributed by atoms with E-state index >= 15 is 0 Å². The summed E-state index contributed by atoms with van der Waals surface area (Å²) in [5.41, 5.74) is -1.20. The van der Waals surface area contributed by atoms with Crippen LogP contribution >= 0.6 is 0 Å². The number of nitrogens with one attached hydrogen (secondary N) is 1. The van der Waals surface area contributed by atoms with Gasteiger partial charge in [-0.3, -0.25) is 9.69 Å². The highest BCUT2D eigenvalue weighted by Gasteiger charge is 2.44. The molecular formula is C20H31N5O2. The highest BCUT2D eigenvalue weighted by molar-refractivity contribution is 5.86. The summed E-state index contributed by atoms with van der Waals surface area (Å²) in [4.78, 5) is 25.5. The number of anilines is 1. The van der Waals surface area contributed by atoms with Gasteiger partial charge in [-0.15, -0.1) is 0 Å². The minimum Gasteiger partial charge on any atom is -0.379 e. The molecule has 1 aliphatic carbocycles. The van der Waals surface area contributed by atoms with Crippen molar-refractivity contribution < 1.29 is 9.90 Å². The van der Waals surface area contributed by atoms with Crippen LogP contribution in [0.3, 0.4) is 0 Å². The lowest BCUT2D eigenvalue weighted by Gasteiger charge is -2.44. The van der Waals surface area contributed by atoms with E-state index in [-0.39, 0.29) is 5.91 Å². The van der Waals surface area contributed by atoms with Crippen LogP contribution in [0.15, 0.2) is 18.5 Å². The van der Waals surface area contributed by atoms with Gasteiger partial charge in [0.2, 0.25) is 5.95 Å². The molecule has 1 aromatic rings. The predicted octanol–water partition coefficient (Wildman–Crippen LogP) is 1.51. The second-order valence-electron chi connectivity index (χ2n) is 8.45. The quantitative estimate of drug-likeness (QED) is 0.787. The van der Waals surface area contributed by atoms with E-state index in [4.69, 9.17) is 0 Å². The van der Waals surface area contributed by atoms with Crippen LogP contribution in [0.4, 0.5) is 5.95 Å². The van der Waals surface area contributed by atoms with Crippen molar-refractivity contribution in [2.45, 2.75) is 56.6 Å². The van der Waals surface area contributed by atoms with Crippen molar-refractivity contribution in [1.82, 2.24) is 19.8 Å². The van der Waals surface area contributed by atoms with Crippen LogP contribution in [-0.4, -0.2) is 75.1 Å². The minimum atomic E-state index is -1.20. The molecule has 2 saturated heterocycles. The molecule has 3 aliphatic rings. The van der Waals surface area contributed by atoms with Gasteiger partial charge in [-0.1, -0.05) is 6.42 Å². The van der Waals surface area contributed by atoms with Gasteiger partial charge in [0, 0.05) is 51.2 Å². The summed E-state index contributed by atoms with van der Waals surface area (Å²) >= 11 is 0. The van der Waals surface area contributed by atoms with Crippen LogP contribution in [-0.2, 0) is 4.79 Å². The molecule has 148 valence electrons.